The van der Waals surface area contributed by atoms with Crippen LogP contribution in [0.1, 0.15) is 5.56 Å². The zero-order chi connectivity index (χ0) is 16.9. The number of nitriles is 1. The zero-order valence-corrected chi connectivity index (χ0v) is 12.2. The molecule has 1 aliphatic heterocycles. The van der Waals surface area contributed by atoms with Crippen LogP contribution in [0.4, 0.5) is 18.9 Å². The lowest BCUT2D eigenvalue weighted by atomic mass is 10.2. The molecule has 0 spiro atoms. The summed E-state index contributed by atoms with van der Waals surface area (Å²) in [7, 11) is 0. The van der Waals surface area contributed by atoms with Gasteiger partial charge in [-0.1, -0.05) is 6.07 Å². The third-order valence-corrected chi connectivity index (χ3v) is 3.28. The fourth-order valence-corrected chi connectivity index (χ4v) is 2.10. The summed E-state index contributed by atoms with van der Waals surface area (Å²) >= 11 is 0. The van der Waals surface area contributed by atoms with E-state index in [2.05, 4.69) is 10.6 Å². The maximum absolute atomic E-state index is 12.7. The zero-order valence-electron chi connectivity index (χ0n) is 12.2. The average molecular weight is 324 g/mol. The third-order valence-electron chi connectivity index (χ3n) is 3.28. The maximum atomic E-state index is 12.7. The highest BCUT2D eigenvalue weighted by molar-refractivity contribution is 6.06. The number of alkyl halides is 3. The summed E-state index contributed by atoms with van der Waals surface area (Å²) in [4.78, 5) is 13.9. The number of nitrogens with one attached hydrogen (secondary N) is 2. The van der Waals surface area contributed by atoms with E-state index in [1.165, 1.54) is 18.3 Å². The van der Waals surface area contributed by atoms with Crippen LogP contribution in [0.25, 0.3) is 0 Å². The molecule has 0 atom stereocenters. The number of piperazine rings is 1. The normalized spacial score (nSPS) is 15.9. The first-order valence-corrected chi connectivity index (χ1v) is 6.95. The number of hydrogen-bond donors (Lipinski definition) is 2. The molecule has 1 aromatic rings. The van der Waals surface area contributed by atoms with Crippen LogP contribution in [0.15, 0.2) is 36.0 Å². The van der Waals surface area contributed by atoms with Crippen LogP contribution in [0, 0.1) is 11.3 Å². The van der Waals surface area contributed by atoms with Gasteiger partial charge in [0.2, 0.25) is 0 Å². The second-order valence-electron chi connectivity index (χ2n) is 4.97. The van der Waals surface area contributed by atoms with Crippen molar-refractivity contribution in [2.75, 3.05) is 31.5 Å². The second-order valence-corrected chi connectivity index (χ2v) is 4.97. The van der Waals surface area contributed by atoms with Crippen LogP contribution in [0.2, 0.25) is 0 Å². The van der Waals surface area contributed by atoms with Gasteiger partial charge in [-0.15, -0.1) is 0 Å². The van der Waals surface area contributed by atoms with E-state index in [0.717, 1.165) is 25.2 Å². The van der Waals surface area contributed by atoms with E-state index in [1.54, 1.807) is 6.07 Å². The Hall–Kier alpha value is -2.53. The van der Waals surface area contributed by atoms with Crippen molar-refractivity contribution in [3.05, 3.63) is 41.6 Å². The van der Waals surface area contributed by atoms with Gasteiger partial charge in [-0.05, 0) is 18.2 Å². The van der Waals surface area contributed by atoms with Gasteiger partial charge in [0.25, 0.3) is 5.91 Å². The SMILES string of the molecule is N#C/C(=C/N1CCNCC1)C(=O)Nc1cccc(C(F)(F)F)c1. The number of benzene rings is 1. The number of halogens is 3. The van der Waals surface area contributed by atoms with Crippen LogP contribution in [-0.2, 0) is 11.0 Å². The lowest BCUT2D eigenvalue weighted by molar-refractivity contribution is -0.137. The van der Waals surface area contributed by atoms with E-state index in [1.807, 2.05) is 4.90 Å². The molecule has 5 nitrogen and oxygen atoms in total. The molecule has 2 rings (SSSR count). The Bertz CT molecular complexity index is 643. The predicted octanol–water partition coefficient (Wildman–Crippen LogP) is 1.96. The van der Waals surface area contributed by atoms with Gasteiger partial charge in [0.15, 0.2) is 0 Å². The molecule has 0 saturated carbocycles. The van der Waals surface area contributed by atoms with Crippen molar-refractivity contribution >= 4 is 11.6 Å². The lowest BCUT2D eigenvalue weighted by Crippen LogP contribution is -2.41. The molecule has 1 heterocycles. The van der Waals surface area contributed by atoms with Crippen molar-refractivity contribution in [3.63, 3.8) is 0 Å². The van der Waals surface area contributed by atoms with Gasteiger partial charge in [0.1, 0.15) is 11.6 Å². The fraction of sp³-hybridized carbons (Fsp3) is 0.333. The molecule has 0 radical (unpaired) electrons. The number of anilines is 1. The first-order valence-electron chi connectivity index (χ1n) is 6.95. The highest BCUT2D eigenvalue weighted by Gasteiger charge is 2.30. The van der Waals surface area contributed by atoms with Gasteiger partial charge >= 0.3 is 6.18 Å². The van der Waals surface area contributed by atoms with Crippen molar-refractivity contribution in [1.29, 1.82) is 5.26 Å². The standard InChI is InChI=1S/C15H15F3N4O/c16-15(17,18)12-2-1-3-13(8-12)21-14(23)11(9-19)10-22-6-4-20-5-7-22/h1-3,8,10,20H,4-7H2,(H,21,23)/b11-10-. The largest absolute Gasteiger partial charge is 0.416 e. The first-order chi connectivity index (χ1) is 10.9. The number of carbonyl (C=O) groups excluding carboxylic acids is 1. The molecule has 8 heteroatoms. The Morgan fingerprint density at radius 2 is 2.04 bits per heavy atom. The Balaban J connectivity index is 2.11. The minimum atomic E-state index is -4.49. The molecule has 0 unspecified atom stereocenters. The highest BCUT2D eigenvalue weighted by atomic mass is 19.4. The molecule has 2 N–H and O–H groups in total. The van der Waals surface area contributed by atoms with E-state index in [-0.39, 0.29) is 11.3 Å². The third kappa shape index (κ3) is 4.72. The van der Waals surface area contributed by atoms with Crippen LogP contribution in [0.5, 0.6) is 0 Å². The number of nitrogens with zero attached hydrogens (tertiary/aromatic N) is 2. The van der Waals surface area contributed by atoms with E-state index in [4.69, 9.17) is 5.26 Å². The summed E-state index contributed by atoms with van der Waals surface area (Å²) in [6.07, 6.45) is -3.06. The van der Waals surface area contributed by atoms with E-state index in [0.29, 0.717) is 13.1 Å². The topological polar surface area (TPSA) is 68.2 Å². The molecule has 1 aliphatic rings. The predicted molar refractivity (Wildman–Crippen MR) is 78.2 cm³/mol. The van der Waals surface area contributed by atoms with Gasteiger partial charge < -0.3 is 15.5 Å². The van der Waals surface area contributed by atoms with Crippen LogP contribution >= 0.6 is 0 Å². The van der Waals surface area contributed by atoms with Gasteiger partial charge in [-0.3, -0.25) is 4.79 Å². The molecular weight excluding hydrogens is 309 g/mol. The molecule has 0 aliphatic carbocycles. The molecule has 122 valence electrons. The number of hydrogen-bond acceptors (Lipinski definition) is 4. The summed E-state index contributed by atoms with van der Waals surface area (Å²) in [5.74, 6) is -0.731. The second kappa shape index (κ2) is 7.15. The minimum absolute atomic E-state index is 0.00807. The summed E-state index contributed by atoms with van der Waals surface area (Å²) in [6, 6.07) is 6.06. The van der Waals surface area contributed by atoms with Crippen LogP contribution < -0.4 is 10.6 Å². The summed E-state index contributed by atoms with van der Waals surface area (Å²) < 4.78 is 38.0. The molecule has 23 heavy (non-hydrogen) atoms. The van der Waals surface area contributed by atoms with Crippen molar-refractivity contribution in [1.82, 2.24) is 10.2 Å². The first kappa shape index (κ1) is 16.8. The average Bonchev–Trinajstić information content (AvgIpc) is 2.53. The Morgan fingerprint density at radius 1 is 1.35 bits per heavy atom. The lowest BCUT2D eigenvalue weighted by Gasteiger charge is -2.26. The smallest absolute Gasteiger partial charge is 0.374 e. The highest BCUT2D eigenvalue weighted by Crippen LogP contribution is 2.30. The maximum Gasteiger partial charge on any atom is 0.416 e. The Morgan fingerprint density at radius 3 is 2.65 bits per heavy atom. The summed E-state index contributed by atoms with van der Waals surface area (Å²) in [6.45, 7) is 2.79. The van der Waals surface area contributed by atoms with Gasteiger partial charge in [-0.25, -0.2) is 0 Å². The van der Waals surface area contributed by atoms with E-state index < -0.39 is 17.6 Å². The van der Waals surface area contributed by atoms with E-state index >= 15 is 0 Å². The van der Waals surface area contributed by atoms with Crippen molar-refractivity contribution in [2.24, 2.45) is 0 Å². The Kier molecular flexibility index (Phi) is 5.24. The van der Waals surface area contributed by atoms with Gasteiger partial charge in [0, 0.05) is 38.1 Å². The van der Waals surface area contributed by atoms with Crippen molar-refractivity contribution in [3.8, 4) is 6.07 Å². The van der Waals surface area contributed by atoms with E-state index in [9.17, 15) is 18.0 Å². The molecule has 1 aromatic carbocycles. The summed E-state index contributed by atoms with van der Waals surface area (Å²) in [5, 5.41) is 14.5. The van der Waals surface area contributed by atoms with Crippen LogP contribution in [0.3, 0.4) is 0 Å². The molecule has 0 aromatic heterocycles. The quantitative estimate of drug-likeness (QED) is 0.659. The monoisotopic (exact) mass is 324 g/mol. The van der Waals surface area contributed by atoms with Crippen molar-refractivity contribution < 1.29 is 18.0 Å². The van der Waals surface area contributed by atoms with Gasteiger partial charge in [0.05, 0.1) is 5.56 Å². The number of amides is 1. The molecule has 1 fully saturated rings. The molecule has 1 amide bonds. The molecular formula is C15H15F3N4O. The number of rotatable bonds is 3. The molecule has 1 saturated heterocycles. The van der Waals surface area contributed by atoms with Crippen molar-refractivity contribution in [2.45, 2.75) is 6.18 Å². The minimum Gasteiger partial charge on any atom is -0.374 e. The van der Waals surface area contributed by atoms with Crippen LogP contribution in [-0.4, -0.2) is 37.0 Å². The summed E-state index contributed by atoms with van der Waals surface area (Å²) in [5.41, 5.74) is -1.02. The fourth-order valence-electron chi connectivity index (χ4n) is 2.10. The number of carbonyl (C=O) groups is 1. The van der Waals surface area contributed by atoms with Gasteiger partial charge in [-0.2, -0.15) is 18.4 Å². The Labute approximate surface area is 131 Å². The molecule has 0 bridgehead atoms.